The van der Waals surface area contributed by atoms with E-state index in [0.717, 1.165) is 11.8 Å². The first kappa shape index (κ1) is 22.3. The number of β-amino-alcohol motifs (C(OH)–C–C–N with tert-alkyl or cyclic N) is 1. The molecular weight excluding hydrogens is 428 g/mol. The minimum Gasteiger partial charge on any atom is -0.391 e. The third-order valence-corrected chi connectivity index (χ3v) is 6.37. The van der Waals surface area contributed by atoms with Crippen molar-refractivity contribution in [1.29, 1.82) is 0 Å². The molecule has 0 spiro atoms. The fourth-order valence-electron chi connectivity index (χ4n) is 3.38. The van der Waals surface area contributed by atoms with Crippen molar-refractivity contribution in [3.63, 3.8) is 0 Å². The highest BCUT2D eigenvalue weighted by molar-refractivity contribution is 7.90. The zero-order chi connectivity index (χ0) is 21.9. The third-order valence-electron chi connectivity index (χ3n) is 4.99. The molecule has 0 radical (unpaired) electrons. The summed E-state index contributed by atoms with van der Waals surface area (Å²) in [5.41, 5.74) is 1.50. The quantitative estimate of drug-likeness (QED) is 0.695. The van der Waals surface area contributed by atoms with Crippen LogP contribution in [0.5, 0.6) is 0 Å². The normalized spacial score (nSPS) is 19.0. The predicted molar refractivity (Wildman–Crippen MR) is 113 cm³/mol. The molecule has 2 N–H and O–H groups in total. The Morgan fingerprint density at radius 2 is 1.70 bits per heavy atom. The van der Waals surface area contributed by atoms with Crippen LogP contribution in [0.4, 0.5) is 0 Å². The molecule has 160 valence electrons. The van der Waals surface area contributed by atoms with Crippen molar-refractivity contribution < 1.29 is 23.1 Å². The van der Waals surface area contributed by atoms with Crippen LogP contribution in [-0.4, -0.2) is 55.2 Å². The van der Waals surface area contributed by atoms with Gasteiger partial charge in [-0.25, -0.2) is 8.42 Å². The summed E-state index contributed by atoms with van der Waals surface area (Å²) in [6, 6.07) is 12.4. The van der Waals surface area contributed by atoms with E-state index in [1.165, 1.54) is 17.0 Å². The Labute approximate surface area is 180 Å². The zero-order valence-corrected chi connectivity index (χ0v) is 18.0. The van der Waals surface area contributed by atoms with Gasteiger partial charge in [0.05, 0.1) is 17.4 Å². The van der Waals surface area contributed by atoms with E-state index < -0.39 is 22.0 Å². The highest BCUT2D eigenvalue weighted by atomic mass is 35.5. The number of nitrogens with zero attached hydrogens (tertiary/aromatic N) is 1. The number of carbonyl (C=O) groups is 2. The highest BCUT2D eigenvalue weighted by Crippen LogP contribution is 2.20. The minimum absolute atomic E-state index is 0.0116. The fraction of sp³-hybridized carbons (Fsp3) is 0.333. The molecule has 30 heavy (non-hydrogen) atoms. The number of likely N-dealkylation sites (tertiary alicyclic amines) is 1. The summed E-state index contributed by atoms with van der Waals surface area (Å²) in [5, 5.41) is 13.4. The number of hydrogen-bond donors (Lipinski definition) is 2. The molecule has 3 rings (SSSR count). The van der Waals surface area contributed by atoms with Gasteiger partial charge in [-0.15, -0.1) is 0 Å². The van der Waals surface area contributed by atoms with Gasteiger partial charge in [0, 0.05) is 30.8 Å². The van der Waals surface area contributed by atoms with E-state index in [-0.39, 0.29) is 42.6 Å². The van der Waals surface area contributed by atoms with Gasteiger partial charge in [0.15, 0.2) is 9.84 Å². The van der Waals surface area contributed by atoms with Crippen molar-refractivity contribution in [3.05, 3.63) is 64.7 Å². The Kier molecular flexibility index (Phi) is 6.80. The first-order valence-corrected chi connectivity index (χ1v) is 11.7. The van der Waals surface area contributed by atoms with Crippen molar-refractivity contribution >= 4 is 33.3 Å². The molecule has 2 amide bonds. The summed E-state index contributed by atoms with van der Waals surface area (Å²) in [6.45, 7) is 0.372. The maximum absolute atomic E-state index is 12.8. The number of hydrogen-bond acceptors (Lipinski definition) is 5. The number of aliphatic hydroxyl groups excluding tert-OH is 1. The molecule has 2 atom stereocenters. The molecule has 0 aromatic heterocycles. The molecule has 0 aliphatic carbocycles. The molecular formula is C21H23ClN2O5S. The molecule has 1 fully saturated rings. The topological polar surface area (TPSA) is 104 Å². The Morgan fingerprint density at radius 1 is 1.10 bits per heavy atom. The van der Waals surface area contributed by atoms with Crippen LogP contribution in [0.1, 0.15) is 17.5 Å². The molecule has 2 unspecified atom stereocenters. The van der Waals surface area contributed by atoms with Gasteiger partial charge in [0.1, 0.15) is 6.04 Å². The van der Waals surface area contributed by atoms with Gasteiger partial charge in [0.2, 0.25) is 11.8 Å². The largest absolute Gasteiger partial charge is 0.391 e. The van der Waals surface area contributed by atoms with Crippen LogP contribution in [0.15, 0.2) is 53.4 Å². The minimum atomic E-state index is -3.31. The fourth-order valence-corrected chi connectivity index (χ4v) is 4.13. The summed E-state index contributed by atoms with van der Waals surface area (Å²) >= 11 is 5.86. The summed E-state index contributed by atoms with van der Waals surface area (Å²) in [5.74, 6) is -0.632. The van der Waals surface area contributed by atoms with Gasteiger partial charge < -0.3 is 15.3 Å². The smallest absolute Gasteiger partial charge is 0.243 e. The lowest BCUT2D eigenvalue weighted by atomic mass is 10.1. The highest BCUT2D eigenvalue weighted by Gasteiger charge is 2.38. The first-order valence-electron chi connectivity index (χ1n) is 9.42. The van der Waals surface area contributed by atoms with Gasteiger partial charge in [0.25, 0.3) is 0 Å². The standard InChI is InChI=1S/C21H23ClN2O5S/c1-30(28,29)18-8-4-14(5-9-18)10-20(26)24-13-17(25)11-19(24)21(27)23-12-15-2-6-16(22)7-3-15/h2-9,17,19,25H,10-13H2,1H3,(H,23,27). The average molecular weight is 451 g/mol. The van der Waals surface area contributed by atoms with Crippen molar-refractivity contribution in [3.8, 4) is 0 Å². The zero-order valence-electron chi connectivity index (χ0n) is 16.4. The van der Waals surface area contributed by atoms with Crippen LogP contribution in [0, 0.1) is 0 Å². The lowest BCUT2D eigenvalue weighted by Crippen LogP contribution is -2.46. The third kappa shape index (κ3) is 5.59. The molecule has 0 bridgehead atoms. The summed E-state index contributed by atoms with van der Waals surface area (Å²) in [7, 11) is -3.31. The van der Waals surface area contributed by atoms with Crippen molar-refractivity contribution in [2.75, 3.05) is 12.8 Å². The number of halogens is 1. The number of aliphatic hydroxyl groups is 1. The van der Waals surface area contributed by atoms with E-state index in [4.69, 9.17) is 11.6 Å². The Hall–Kier alpha value is -2.42. The molecule has 7 nitrogen and oxygen atoms in total. The van der Waals surface area contributed by atoms with Crippen LogP contribution < -0.4 is 5.32 Å². The second-order valence-corrected chi connectivity index (χ2v) is 9.84. The predicted octanol–water partition coefficient (Wildman–Crippen LogP) is 1.56. The van der Waals surface area contributed by atoms with Crippen molar-refractivity contribution in [2.45, 2.75) is 36.4 Å². The monoisotopic (exact) mass is 450 g/mol. The van der Waals surface area contributed by atoms with Gasteiger partial charge in [-0.1, -0.05) is 35.9 Å². The van der Waals surface area contributed by atoms with Crippen LogP contribution in [-0.2, 0) is 32.4 Å². The summed E-state index contributed by atoms with van der Waals surface area (Å²) in [4.78, 5) is 27.0. The lowest BCUT2D eigenvalue weighted by molar-refractivity contribution is -0.138. The molecule has 1 heterocycles. The van der Waals surface area contributed by atoms with E-state index in [0.29, 0.717) is 10.6 Å². The second-order valence-electron chi connectivity index (χ2n) is 7.39. The summed E-state index contributed by atoms with van der Waals surface area (Å²) in [6.07, 6.45) is 0.530. The van der Waals surface area contributed by atoms with E-state index in [1.54, 1.807) is 36.4 Å². The van der Waals surface area contributed by atoms with Gasteiger partial charge in [-0.05, 0) is 35.4 Å². The molecule has 2 aromatic carbocycles. The van der Waals surface area contributed by atoms with E-state index in [2.05, 4.69) is 5.32 Å². The molecule has 1 aliphatic rings. The van der Waals surface area contributed by atoms with E-state index >= 15 is 0 Å². The molecule has 2 aromatic rings. The van der Waals surface area contributed by atoms with Gasteiger partial charge in [-0.2, -0.15) is 0 Å². The van der Waals surface area contributed by atoms with Crippen LogP contribution in [0.25, 0.3) is 0 Å². The Bertz CT molecular complexity index is 1020. The van der Waals surface area contributed by atoms with Crippen LogP contribution in [0.3, 0.4) is 0 Å². The number of rotatable bonds is 6. The molecule has 1 aliphatic heterocycles. The maximum atomic E-state index is 12.8. The Balaban J connectivity index is 1.63. The van der Waals surface area contributed by atoms with Crippen molar-refractivity contribution in [2.24, 2.45) is 0 Å². The van der Waals surface area contributed by atoms with Gasteiger partial charge >= 0.3 is 0 Å². The number of benzene rings is 2. The van der Waals surface area contributed by atoms with Crippen molar-refractivity contribution in [1.82, 2.24) is 10.2 Å². The number of amides is 2. The van der Waals surface area contributed by atoms with Crippen LogP contribution in [0.2, 0.25) is 5.02 Å². The number of sulfone groups is 1. The van der Waals surface area contributed by atoms with Gasteiger partial charge in [-0.3, -0.25) is 9.59 Å². The molecule has 1 saturated heterocycles. The first-order chi connectivity index (χ1) is 14.1. The summed E-state index contributed by atoms with van der Waals surface area (Å²) < 4.78 is 23.1. The molecule has 0 saturated carbocycles. The lowest BCUT2D eigenvalue weighted by Gasteiger charge is -2.24. The second kappa shape index (κ2) is 9.16. The van der Waals surface area contributed by atoms with E-state index in [1.807, 2.05) is 0 Å². The number of carbonyl (C=O) groups excluding carboxylic acids is 2. The maximum Gasteiger partial charge on any atom is 0.243 e. The Morgan fingerprint density at radius 3 is 2.30 bits per heavy atom. The average Bonchev–Trinajstić information content (AvgIpc) is 3.09. The SMILES string of the molecule is CS(=O)(=O)c1ccc(CC(=O)N2CC(O)CC2C(=O)NCc2ccc(Cl)cc2)cc1. The molecule has 9 heteroatoms. The van der Waals surface area contributed by atoms with Crippen LogP contribution >= 0.6 is 11.6 Å². The number of nitrogens with one attached hydrogen (secondary N) is 1. The van der Waals surface area contributed by atoms with E-state index in [9.17, 15) is 23.1 Å².